The van der Waals surface area contributed by atoms with Crippen LogP contribution in [0.25, 0.3) is 11.4 Å². The number of thiazole rings is 1. The topological polar surface area (TPSA) is 66.9 Å². The van der Waals surface area contributed by atoms with Crippen molar-refractivity contribution >= 4 is 17.4 Å². The van der Waals surface area contributed by atoms with Crippen molar-refractivity contribution in [2.24, 2.45) is 0 Å². The number of nitrogens with zero attached hydrogens (tertiary/aromatic N) is 2. The van der Waals surface area contributed by atoms with E-state index >= 15 is 0 Å². The summed E-state index contributed by atoms with van der Waals surface area (Å²) in [5, 5.41) is 9.02. The minimum absolute atomic E-state index is 0.0570. The van der Waals surface area contributed by atoms with Crippen LogP contribution in [-0.4, -0.2) is 28.6 Å². The Morgan fingerprint density at radius 3 is 2.87 bits per heavy atom. The lowest BCUT2D eigenvalue weighted by atomic mass is 9.96. The van der Waals surface area contributed by atoms with Crippen molar-refractivity contribution in [3.05, 3.63) is 34.8 Å². The molecule has 0 atom stereocenters. The van der Waals surface area contributed by atoms with Gasteiger partial charge in [0.1, 0.15) is 0 Å². The summed E-state index contributed by atoms with van der Waals surface area (Å²) in [6.07, 6.45) is 8.46. The highest BCUT2D eigenvalue weighted by atomic mass is 32.1. The van der Waals surface area contributed by atoms with Crippen molar-refractivity contribution in [1.29, 1.82) is 0 Å². The highest BCUT2D eigenvalue weighted by molar-refractivity contribution is 7.09. The van der Waals surface area contributed by atoms with Crippen molar-refractivity contribution in [1.82, 2.24) is 20.6 Å². The smallest absolute Gasteiger partial charge is 0.315 e. The van der Waals surface area contributed by atoms with Gasteiger partial charge in [-0.15, -0.1) is 11.3 Å². The molecule has 122 valence electrons. The molecule has 0 radical (unpaired) electrons. The molecule has 1 fully saturated rings. The Bertz CT molecular complexity index is 623. The minimum Gasteiger partial charge on any atom is -0.338 e. The molecule has 0 unspecified atom stereocenters. The van der Waals surface area contributed by atoms with Gasteiger partial charge in [-0.2, -0.15) is 0 Å². The minimum atomic E-state index is -0.0570. The third-order valence-corrected chi connectivity index (χ3v) is 4.95. The van der Waals surface area contributed by atoms with Gasteiger partial charge in [-0.3, -0.25) is 4.98 Å². The molecule has 2 amide bonds. The van der Waals surface area contributed by atoms with Gasteiger partial charge in [0.2, 0.25) is 0 Å². The van der Waals surface area contributed by atoms with Crippen LogP contribution in [0.4, 0.5) is 4.79 Å². The van der Waals surface area contributed by atoms with Crippen LogP contribution >= 0.6 is 11.3 Å². The molecule has 0 spiro atoms. The first-order valence-corrected chi connectivity index (χ1v) is 9.09. The number of pyridine rings is 1. The molecule has 0 aliphatic heterocycles. The van der Waals surface area contributed by atoms with Crippen molar-refractivity contribution in [2.45, 2.75) is 44.6 Å². The van der Waals surface area contributed by atoms with Crippen molar-refractivity contribution in [3.63, 3.8) is 0 Å². The van der Waals surface area contributed by atoms with Crippen LogP contribution in [0.2, 0.25) is 0 Å². The highest BCUT2D eigenvalue weighted by Gasteiger charge is 2.15. The fourth-order valence-electron chi connectivity index (χ4n) is 2.82. The molecule has 5 nitrogen and oxygen atoms in total. The van der Waals surface area contributed by atoms with E-state index in [-0.39, 0.29) is 6.03 Å². The van der Waals surface area contributed by atoms with Crippen molar-refractivity contribution in [3.8, 4) is 11.4 Å². The van der Waals surface area contributed by atoms with Crippen LogP contribution in [0, 0.1) is 0 Å². The highest BCUT2D eigenvalue weighted by Crippen LogP contribution is 2.20. The number of aromatic nitrogens is 2. The number of rotatable bonds is 5. The molecule has 2 aromatic rings. The molecule has 2 heterocycles. The predicted molar refractivity (Wildman–Crippen MR) is 92.5 cm³/mol. The van der Waals surface area contributed by atoms with E-state index in [1.807, 2.05) is 23.6 Å². The normalized spacial score (nSPS) is 15.3. The van der Waals surface area contributed by atoms with Crippen molar-refractivity contribution in [2.75, 3.05) is 6.54 Å². The van der Waals surface area contributed by atoms with E-state index in [9.17, 15) is 4.79 Å². The standard InChI is InChI=1S/C17H22N4OS/c22-17(20-13-6-2-1-3-7-13)19-11-9-16-21-15(12-23-16)14-8-4-5-10-18-14/h4-5,8,10,12-13H,1-3,6-7,9,11H2,(H2,19,20,22). The van der Waals surface area contributed by atoms with E-state index in [1.54, 1.807) is 17.5 Å². The first-order valence-electron chi connectivity index (χ1n) is 8.21. The van der Waals surface area contributed by atoms with E-state index in [4.69, 9.17) is 0 Å². The first-order chi connectivity index (χ1) is 11.3. The molecule has 0 aromatic carbocycles. The number of hydrogen-bond acceptors (Lipinski definition) is 4. The van der Waals surface area contributed by atoms with Gasteiger partial charge < -0.3 is 10.6 Å². The number of hydrogen-bond donors (Lipinski definition) is 2. The lowest BCUT2D eigenvalue weighted by Crippen LogP contribution is -2.43. The quantitative estimate of drug-likeness (QED) is 0.883. The van der Waals surface area contributed by atoms with Gasteiger partial charge in [0.25, 0.3) is 0 Å². The Morgan fingerprint density at radius 1 is 1.22 bits per heavy atom. The average Bonchev–Trinajstić information content (AvgIpc) is 3.05. The molecule has 3 rings (SSSR count). The molecule has 0 bridgehead atoms. The lowest BCUT2D eigenvalue weighted by Gasteiger charge is -2.22. The molecule has 1 saturated carbocycles. The second-order valence-electron chi connectivity index (χ2n) is 5.83. The van der Waals surface area contributed by atoms with Crippen LogP contribution < -0.4 is 10.6 Å². The number of carbonyl (C=O) groups excluding carboxylic acids is 1. The van der Waals surface area contributed by atoms with Crippen LogP contribution in [0.5, 0.6) is 0 Å². The summed E-state index contributed by atoms with van der Waals surface area (Å²) >= 11 is 1.61. The maximum atomic E-state index is 11.9. The van der Waals surface area contributed by atoms with Crippen LogP contribution in [0.1, 0.15) is 37.1 Å². The zero-order valence-corrected chi connectivity index (χ0v) is 13.9. The Labute approximate surface area is 140 Å². The van der Waals surface area contributed by atoms with E-state index in [2.05, 4.69) is 20.6 Å². The molecular weight excluding hydrogens is 308 g/mol. The number of urea groups is 1. The summed E-state index contributed by atoms with van der Waals surface area (Å²) in [7, 11) is 0. The predicted octanol–water partition coefficient (Wildman–Crippen LogP) is 3.38. The summed E-state index contributed by atoms with van der Waals surface area (Å²) in [5.74, 6) is 0. The Hall–Kier alpha value is -1.95. The Balaban J connectivity index is 1.42. The summed E-state index contributed by atoms with van der Waals surface area (Å²) in [6.45, 7) is 0.605. The monoisotopic (exact) mass is 330 g/mol. The van der Waals surface area contributed by atoms with Gasteiger partial charge in [-0.05, 0) is 25.0 Å². The lowest BCUT2D eigenvalue weighted by molar-refractivity contribution is 0.233. The van der Waals surface area contributed by atoms with E-state index < -0.39 is 0 Å². The molecule has 0 saturated heterocycles. The van der Waals surface area contributed by atoms with E-state index in [1.165, 1.54) is 19.3 Å². The van der Waals surface area contributed by atoms with Crippen LogP contribution in [0.15, 0.2) is 29.8 Å². The maximum Gasteiger partial charge on any atom is 0.315 e. The molecule has 6 heteroatoms. The SMILES string of the molecule is O=C(NCCc1nc(-c2ccccn2)cs1)NC1CCCCC1. The Morgan fingerprint density at radius 2 is 2.09 bits per heavy atom. The van der Waals surface area contributed by atoms with Gasteiger partial charge in [-0.25, -0.2) is 9.78 Å². The summed E-state index contributed by atoms with van der Waals surface area (Å²) in [4.78, 5) is 20.8. The Kier molecular flexibility index (Phi) is 5.58. The fourth-order valence-corrected chi connectivity index (χ4v) is 3.62. The van der Waals surface area contributed by atoms with Gasteiger partial charge >= 0.3 is 6.03 Å². The fraction of sp³-hybridized carbons (Fsp3) is 0.471. The van der Waals surface area contributed by atoms with E-state index in [0.717, 1.165) is 35.7 Å². The van der Waals surface area contributed by atoms with Gasteiger partial charge in [0, 0.05) is 30.6 Å². The maximum absolute atomic E-state index is 11.9. The van der Waals surface area contributed by atoms with Crippen LogP contribution in [0.3, 0.4) is 0 Å². The van der Waals surface area contributed by atoms with Gasteiger partial charge in [0.15, 0.2) is 0 Å². The number of carbonyl (C=O) groups is 1. The molecule has 1 aliphatic carbocycles. The first kappa shape index (κ1) is 15.9. The third kappa shape index (κ3) is 4.76. The summed E-state index contributed by atoms with van der Waals surface area (Å²) < 4.78 is 0. The average molecular weight is 330 g/mol. The molecule has 23 heavy (non-hydrogen) atoms. The number of nitrogens with one attached hydrogen (secondary N) is 2. The molecular formula is C17H22N4OS. The molecule has 2 N–H and O–H groups in total. The largest absolute Gasteiger partial charge is 0.338 e. The zero-order valence-electron chi connectivity index (χ0n) is 13.1. The summed E-state index contributed by atoms with van der Waals surface area (Å²) in [5.41, 5.74) is 1.79. The molecule has 1 aliphatic rings. The van der Waals surface area contributed by atoms with Crippen LogP contribution in [-0.2, 0) is 6.42 Å². The number of amides is 2. The van der Waals surface area contributed by atoms with Gasteiger partial charge in [0.05, 0.1) is 16.4 Å². The van der Waals surface area contributed by atoms with E-state index in [0.29, 0.717) is 12.6 Å². The van der Waals surface area contributed by atoms with Gasteiger partial charge in [-0.1, -0.05) is 25.3 Å². The van der Waals surface area contributed by atoms with Crippen molar-refractivity contribution < 1.29 is 4.79 Å². The summed E-state index contributed by atoms with van der Waals surface area (Å²) in [6, 6.07) is 6.09. The molecule has 2 aromatic heterocycles. The third-order valence-electron chi connectivity index (χ3n) is 4.04. The zero-order chi connectivity index (χ0) is 15.9. The second-order valence-corrected chi connectivity index (χ2v) is 6.77. The second kappa shape index (κ2) is 8.06.